The number of anilines is 1. The fraction of sp³-hybridized carbons (Fsp3) is 0.550. The summed E-state index contributed by atoms with van der Waals surface area (Å²) in [6.45, 7) is 6.27. The molecule has 1 aromatic carbocycles. The summed E-state index contributed by atoms with van der Waals surface area (Å²) in [5.74, 6) is -1.24. The van der Waals surface area contributed by atoms with Crippen molar-refractivity contribution in [3.05, 3.63) is 24.3 Å². The van der Waals surface area contributed by atoms with Crippen LogP contribution in [0.4, 0.5) is 5.69 Å². The van der Waals surface area contributed by atoms with E-state index >= 15 is 0 Å². The SMILES string of the molecule is CCOc1ccccc1N1CC(C(=O)NCC(CC)(CC)C(=O)O)CC1=O. The zero-order valence-electron chi connectivity index (χ0n) is 16.2. The number of carbonyl (C=O) groups is 3. The molecule has 1 aliphatic rings. The van der Waals surface area contributed by atoms with Crippen LogP contribution in [0.2, 0.25) is 0 Å². The summed E-state index contributed by atoms with van der Waals surface area (Å²) in [4.78, 5) is 38.2. The van der Waals surface area contributed by atoms with Crippen molar-refractivity contribution >= 4 is 23.5 Å². The van der Waals surface area contributed by atoms with Gasteiger partial charge in [-0.15, -0.1) is 0 Å². The van der Waals surface area contributed by atoms with E-state index in [9.17, 15) is 19.5 Å². The highest BCUT2D eigenvalue weighted by molar-refractivity contribution is 6.01. The van der Waals surface area contributed by atoms with E-state index in [4.69, 9.17) is 4.74 Å². The van der Waals surface area contributed by atoms with Gasteiger partial charge in [-0.3, -0.25) is 14.4 Å². The molecular formula is C20H28N2O5. The lowest BCUT2D eigenvalue weighted by atomic mass is 9.82. The second-order valence-electron chi connectivity index (χ2n) is 6.82. The maximum atomic E-state index is 12.6. The van der Waals surface area contributed by atoms with Gasteiger partial charge in [0.25, 0.3) is 0 Å². The van der Waals surface area contributed by atoms with Gasteiger partial charge in [0.15, 0.2) is 0 Å². The maximum absolute atomic E-state index is 12.6. The molecule has 1 saturated heterocycles. The van der Waals surface area contributed by atoms with Crippen molar-refractivity contribution in [3.63, 3.8) is 0 Å². The van der Waals surface area contributed by atoms with E-state index < -0.39 is 17.3 Å². The first-order chi connectivity index (χ1) is 12.9. The number of carboxylic acids is 1. The Morgan fingerprint density at radius 1 is 1.26 bits per heavy atom. The molecule has 0 radical (unpaired) electrons. The smallest absolute Gasteiger partial charge is 0.311 e. The van der Waals surface area contributed by atoms with Crippen LogP contribution in [-0.2, 0) is 14.4 Å². The molecule has 148 valence electrons. The Balaban J connectivity index is 2.07. The van der Waals surface area contributed by atoms with E-state index in [-0.39, 0.29) is 31.3 Å². The van der Waals surface area contributed by atoms with Gasteiger partial charge in [-0.1, -0.05) is 26.0 Å². The number of amides is 2. The van der Waals surface area contributed by atoms with Crippen LogP contribution < -0.4 is 15.0 Å². The van der Waals surface area contributed by atoms with Gasteiger partial charge in [0.1, 0.15) is 5.75 Å². The average Bonchev–Trinajstić information content (AvgIpc) is 3.05. The Morgan fingerprint density at radius 3 is 2.52 bits per heavy atom. The zero-order valence-corrected chi connectivity index (χ0v) is 16.2. The largest absolute Gasteiger partial charge is 0.492 e. The number of nitrogens with one attached hydrogen (secondary N) is 1. The Labute approximate surface area is 159 Å². The molecule has 0 aromatic heterocycles. The van der Waals surface area contributed by atoms with Crippen LogP contribution in [0.3, 0.4) is 0 Å². The monoisotopic (exact) mass is 376 g/mol. The van der Waals surface area contributed by atoms with Crippen molar-refractivity contribution in [1.82, 2.24) is 5.32 Å². The summed E-state index contributed by atoms with van der Waals surface area (Å²) in [5, 5.41) is 12.2. The van der Waals surface area contributed by atoms with Gasteiger partial charge < -0.3 is 20.1 Å². The van der Waals surface area contributed by atoms with Crippen LogP contribution in [0.5, 0.6) is 5.75 Å². The maximum Gasteiger partial charge on any atom is 0.311 e. The van der Waals surface area contributed by atoms with Crippen molar-refractivity contribution in [2.45, 2.75) is 40.0 Å². The standard InChI is InChI=1S/C20H28N2O5/c1-4-20(5-2,19(25)26)13-21-18(24)14-11-17(23)22(12-14)15-9-7-8-10-16(15)27-6-3/h7-10,14H,4-6,11-13H2,1-3H3,(H,21,24)(H,25,26). The van der Waals surface area contributed by atoms with Crippen LogP contribution in [0.25, 0.3) is 0 Å². The molecule has 7 nitrogen and oxygen atoms in total. The van der Waals surface area contributed by atoms with Crippen molar-refractivity contribution in [2.24, 2.45) is 11.3 Å². The molecule has 0 spiro atoms. The highest BCUT2D eigenvalue weighted by Gasteiger charge is 2.39. The third-order valence-electron chi connectivity index (χ3n) is 5.36. The van der Waals surface area contributed by atoms with Crippen molar-refractivity contribution in [1.29, 1.82) is 0 Å². The van der Waals surface area contributed by atoms with E-state index in [2.05, 4.69) is 5.32 Å². The number of rotatable bonds is 9. The third-order valence-corrected chi connectivity index (χ3v) is 5.36. The fourth-order valence-corrected chi connectivity index (χ4v) is 3.35. The predicted octanol–water partition coefficient (Wildman–Crippen LogP) is 2.45. The molecule has 2 rings (SSSR count). The number of carbonyl (C=O) groups excluding carboxylic acids is 2. The normalized spacial score (nSPS) is 17.1. The number of aliphatic carboxylic acids is 1. The zero-order chi connectivity index (χ0) is 20.0. The molecule has 1 aromatic rings. The first-order valence-electron chi connectivity index (χ1n) is 9.41. The lowest BCUT2D eigenvalue weighted by molar-refractivity contribution is -0.149. The highest BCUT2D eigenvalue weighted by atomic mass is 16.5. The molecule has 1 unspecified atom stereocenters. The van der Waals surface area contributed by atoms with Crippen LogP contribution in [-0.4, -0.2) is 42.6 Å². The van der Waals surface area contributed by atoms with E-state index in [0.29, 0.717) is 30.9 Å². The summed E-state index contributed by atoms with van der Waals surface area (Å²) in [6, 6.07) is 7.25. The van der Waals surface area contributed by atoms with Crippen LogP contribution >= 0.6 is 0 Å². The summed E-state index contributed by atoms with van der Waals surface area (Å²) in [6.07, 6.45) is 0.956. The minimum absolute atomic E-state index is 0.0639. The molecule has 7 heteroatoms. The molecule has 1 fully saturated rings. The number of carboxylic acid groups (broad SMARTS) is 1. The Bertz CT molecular complexity index is 699. The minimum Gasteiger partial charge on any atom is -0.492 e. The van der Waals surface area contributed by atoms with Crippen molar-refractivity contribution in [3.8, 4) is 5.75 Å². The molecule has 1 atom stereocenters. The van der Waals surface area contributed by atoms with Gasteiger partial charge in [-0.05, 0) is 31.9 Å². The molecule has 0 saturated carbocycles. The van der Waals surface area contributed by atoms with Gasteiger partial charge in [-0.2, -0.15) is 0 Å². The summed E-state index contributed by atoms with van der Waals surface area (Å²) in [5.41, 5.74) is -0.318. The number of nitrogens with zero attached hydrogens (tertiary/aromatic N) is 1. The molecule has 2 N–H and O–H groups in total. The average molecular weight is 376 g/mol. The molecule has 27 heavy (non-hydrogen) atoms. The first-order valence-corrected chi connectivity index (χ1v) is 9.41. The fourth-order valence-electron chi connectivity index (χ4n) is 3.35. The van der Waals surface area contributed by atoms with Crippen molar-refractivity contribution in [2.75, 3.05) is 24.6 Å². The first kappa shape index (κ1) is 20.7. The number of hydrogen-bond acceptors (Lipinski definition) is 4. The second-order valence-corrected chi connectivity index (χ2v) is 6.82. The molecule has 1 heterocycles. The Morgan fingerprint density at radius 2 is 1.93 bits per heavy atom. The lowest BCUT2D eigenvalue weighted by Gasteiger charge is -2.27. The topological polar surface area (TPSA) is 95.9 Å². The van der Waals surface area contributed by atoms with Gasteiger partial charge in [0.05, 0.1) is 23.6 Å². The van der Waals surface area contributed by atoms with E-state index in [1.54, 1.807) is 30.9 Å². The highest BCUT2D eigenvalue weighted by Crippen LogP contribution is 2.33. The van der Waals surface area contributed by atoms with E-state index in [1.807, 2.05) is 19.1 Å². The number of hydrogen-bond donors (Lipinski definition) is 2. The summed E-state index contributed by atoms with van der Waals surface area (Å²) < 4.78 is 5.58. The van der Waals surface area contributed by atoms with Crippen LogP contribution in [0.15, 0.2) is 24.3 Å². The van der Waals surface area contributed by atoms with Crippen LogP contribution in [0, 0.1) is 11.3 Å². The summed E-state index contributed by atoms with van der Waals surface area (Å²) >= 11 is 0. The second kappa shape index (κ2) is 8.88. The minimum atomic E-state index is -0.973. The van der Waals surface area contributed by atoms with Gasteiger partial charge in [-0.25, -0.2) is 0 Å². The Hall–Kier alpha value is -2.57. The molecular weight excluding hydrogens is 348 g/mol. The predicted molar refractivity (Wildman–Crippen MR) is 102 cm³/mol. The van der Waals surface area contributed by atoms with Gasteiger partial charge >= 0.3 is 5.97 Å². The third kappa shape index (κ3) is 4.40. The molecule has 0 bridgehead atoms. The molecule has 2 amide bonds. The molecule has 0 aliphatic carbocycles. The Kier molecular flexibility index (Phi) is 6.82. The van der Waals surface area contributed by atoms with Gasteiger partial charge in [0, 0.05) is 19.5 Å². The lowest BCUT2D eigenvalue weighted by Crippen LogP contribution is -2.44. The van der Waals surface area contributed by atoms with Crippen LogP contribution in [0.1, 0.15) is 40.0 Å². The van der Waals surface area contributed by atoms with Crippen molar-refractivity contribution < 1.29 is 24.2 Å². The molecule has 1 aliphatic heterocycles. The van der Waals surface area contributed by atoms with E-state index in [0.717, 1.165) is 0 Å². The number of para-hydroxylation sites is 2. The van der Waals surface area contributed by atoms with Gasteiger partial charge in [0.2, 0.25) is 11.8 Å². The number of benzene rings is 1. The summed E-state index contributed by atoms with van der Waals surface area (Å²) in [7, 11) is 0. The quantitative estimate of drug-likeness (QED) is 0.690. The number of ether oxygens (including phenoxy) is 1. The van der Waals surface area contributed by atoms with E-state index in [1.165, 1.54) is 0 Å².